The number of carbonyl (C=O) groups is 2. The van der Waals surface area contributed by atoms with Gasteiger partial charge in [-0.25, -0.2) is 4.79 Å². The first kappa shape index (κ1) is 16.4. The number of halogens is 1. The highest BCUT2D eigenvalue weighted by Gasteiger charge is 2.27. The van der Waals surface area contributed by atoms with E-state index in [1.54, 1.807) is 46.1 Å². The number of aldehydes is 1. The predicted molar refractivity (Wildman–Crippen MR) is 86.1 cm³/mol. The van der Waals surface area contributed by atoms with Gasteiger partial charge in [0.25, 0.3) is 0 Å². The van der Waals surface area contributed by atoms with Gasteiger partial charge in [0.15, 0.2) is 0 Å². The highest BCUT2D eigenvalue weighted by atomic mass is 35.5. The third kappa shape index (κ3) is 3.42. The van der Waals surface area contributed by atoms with Gasteiger partial charge in [-0.1, -0.05) is 17.7 Å². The number of nitrogens with one attached hydrogen (secondary N) is 1. The molecule has 0 saturated carbocycles. The molecule has 118 valence electrons. The van der Waals surface area contributed by atoms with Crippen molar-refractivity contribution in [3.63, 3.8) is 0 Å². The number of aromatic nitrogens is 1. The number of hydrogen-bond donors (Lipinski definition) is 1. The van der Waals surface area contributed by atoms with Gasteiger partial charge in [-0.05, 0) is 32.9 Å². The van der Waals surface area contributed by atoms with Crippen LogP contribution in [0.15, 0.2) is 24.4 Å². The lowest BCUT2D eigenvalue weighted by Crippen LogP contribution is -2.37. The number of hydrogen-bond acceptors (Lipinski definition) is 3. The van der Waals surface area contributed by atoms with Gasteiger partial charge in [-0.3, -0.25) is 4.90 Å². The fraction of sp³-hybridized carbons (Fsp3) is 0.375. The van der Waals surface area contributed by atoms with Crippen LogP contribution in [-0.2, 0) is 9.53 Å². The summed E-state index contributed by atoms with van der Waals surface area (Å²) in [6.07, 6.45) is 1.88. The van der Waals surface area contributed by atoms with Crippen molar-refractivity contribution in [1.82, 2.24) is 9.88 Å². The Morgan fingerprint density at radius 3 is 2.68 bits per heavy atom. The van der Waals surface area contributed by atoms with E-state index >= 15 is 0 Å². The van der Waals surface area contributed by atoms with Crippen molar-refractivity contribution in [2.75, 3.05) is 7.05 Å². The zero-order valence-electron chi connectivity index (χ0n) is 13.0. The van der Waals surface area contributed by atoms with Crippen molar-refractivity contribution in [3.05, 3.63) is 35.0 Å². The lowest BCUT2D eigenvalue weighted by atomic mass is 10.1. The van der Waals surface area contributed by atoms with Crippen LogP contribution in [0, 0.1) is 0 Å². The van der Waals surface area contributed by atoms with E-state index in [-0.39, 0.29) is 0 Å². The van der Waals surface area contributed by atoms with E-state index < -0.39 is 17.7 Å². The minimum Gasteiger partial charge on any atom is -0.444 e. The molecular formula is C16H19ClN2O3. The third-order valence-corrected chi connectivity index (χ3v) is 3.46. The number of amides is 1. The largest absolute Gasteiger partial charge is 0.444 e. The molecule has 0 fully saturated rings. The number of likely N-dealkylation sites (N-methyl/N-ethyl adjacent to an activating group) is 1. The van der Waals surface area contributed by atoms with E-state index in [1.165, 1.54) is 4.90 Å². The quantitative estimate of drug-likeness (QED) is 0.871. The number of fused-ring (bicyclic) bond motifs is 1. The smallest absolute Gasteiger partial charge is 0.410 e. The molecule has 0 bridgehead atoms. The summed E-state index contributed by atoms with van der Waals surface area (Å²) in [5.41, 5.74) is 0.897. The minimum absolute atomic E-state index is 0.548. The Bertz CT molecular complexity index is 703. The summed E-state index contributed by atoms with van der Waals surface area (Å²) in [4.78, 5) is 28.0. The lowest BCUT2D eigenvalue weighted by molar-refractivity contribution is -0.112. The molecule has 1 atom stereocenters. The zero-order valence-corrected chi connectivity index (χ0v) is 13.8. The zero-order chi connectivity index (χ0) is 16.5. The topological polar surface area (TPSA) is 62.4 Å². The molecule has 5 nitrogen and oxygen atoms in total. The summed E-state index contributed by atoms with van der Waals surface area (Å²) in [7, 11) is 1.54. The molecule has 1 heterocycles. The first-order valence-electron chi connectivity index (χ1n) is 6.90. The summed E-state index contributed by atoms with van der Waals surface area (Å²) >= 11 is 5.95. The monoisotopic (exact) mass is 322 g/mol. The number of aromatic amines is 1. The molecule has 1 amide bonds. The van der Waals surface area contributed by atoms with E-state index in [9.17, 15) is 9.59 Å². The molecule has 1 aromatic carbocycles. The number of carbonyl (C=O) groups excluding carboxylic acids is 2. The lowest BCUT2D eigenvalue weighted by Gasteiger charge is -2.27. The second-order valence-corrected chi connectivity index (χ2v) is 6.54. The Morgan fingerprint density at radius 2 is 2.09 bits per heavy atom. The SMILES string of the molecule is CN(C(=O)OC(C)(C)C)C(C=O)c1c[nH]c2cc(Cl)ccc12. The molecule has 22 heavy (non-hydrogen) atoms. The first-order valence-corrected chi connectivity index (χ1v) is 7.28. The Kier molecular flexibility index (Phi) is 4.47. The van der Waals surface area contributed by atoms with Crippen LogP contribution in [0.4, 0.5) is 4.79 Å². The molecule has 1 N–H and O–H groups in total. The van der Waals surface area contributed by atoms with Crippen LogP contribution in [0.2, 0.25) is 5.02 Å². The Morgan fingerprint density at radius 1 is 1.41 bits per heavy atom. The maximum Gasteiger partial charge on any atom is 0.410 e. The van der Waals surface area contributed by atoms with E-state index in [4.69, 9.17) is 16.3 Å². The van der Waals surface area contributed by atoms with Crippen molar-refractivity contribution in [2.45, 2.75) is 32.4 Å². The van der Waals surface area contributed by atoms with E-state index in [0.717, 1.165) is 17.2 Å². The van der Waals surface area contributed by atoms with Gasteiger partial charge in [0.1, 0.15) is 17.9 Å². The molecule has 0 aliphatic heterocycles. The molecule has 2 rings (SSSR count). The highest BCUT2D eigenvalue weighted by molar-refractivity contribution is 6.31. The predicted octanol–water partition coefficient (Wildman–Crippen LogP) is 3.93. The second kappa shape index (κ2) is 6.01. The Hall–Kier alpha value is -2.01. The summed E-state index contributed by atoms with van der Waals surface area (Å²) < 4.78 is 5.31. The van der Waals surface area contributed by atoms with Crippen LogP contribution in [0.3, 0.4) is 0 Å². The van der Waals surface area contributed by atoms with Crippen molar-refractivity contribution in [1.29, 1.82) is 0 Å². The Balaban J connectivity index is 2.34. The average molecular weight is 323 g/mol. The fourth-order valence-corrected chi connectivity index (χ4v) is 2.36. The molecule has 0 aliphatic rings. The molecule has 0 spiro atoms. The second-order valence-electron chi connectivity index (χ2n) is 6.11. The summed E-state index contributed by atoms with van der Waals surface area (Å²) in [5.74, 6) is 0. The van der Waals surface area contributed by atoms with E-state index in [0.29, 0.717) is 10.6 Å². The molecule has 0 saturated heterocycles. The van der Waals surface area contributed by atoms with Gasteiger partial charge in [0, 0.05) is 34.7 Å². The molecule has 6 heteroatoms. The standard InChI is InChI=1S/C16H19ClN2O3/c1-16(2,3)22-15(21)19(4)14(9-20)12-8-18-13-7-10(17)5-6-11(12)13/h5-9,14,18H,1-4H3. The number of H-pyrrole nitrogens is 1. The highest BCUT2D eigenvalue weighted by Crippen LogP contribution is 2.29. The van der Waals surface area contributed by atoms with E-state index in [2.05, 4.69) is 4.98 Å². The van der Waals surface area contributed by atoms with Crippen LogP contribution in [-0.4, -0.2) is 34.9 Å². The van der Waals surface area contributed by atoms with Crippen molar-refractivity contribution < 1.29 is 14.3 Å². The van der Waals surface area contributed by atoms with Crippen LogP contribution >= 0.6 is 11.6 Å². The van der Waals surface area contributed by atoms with Crippen LogP contribution < -0.4 is 0 Å². The number of benzene rings is 1. The third-order valence-electron chi connectivity index (χ3n) is 3.22. The first-order chi connectivity index (χ1) is 10.2. The molecule has 2 aromatic rings. The number of ether oxygens (including phenoxy) is 1. The summed E-state index contributed by atoms with van der Waals surface area (Å²) in [6, 6.07) is 4.61. The van der Waals surface area contributed by atoms with Crippen molar-refractivity contribution in [2.24, 2.45) is 0 Å². The maximum absolute atomic E-state index is 12.2. The van der Waals surface area contributed by atoms with Gasteiger partial charge in [-0.2, -0.15) is 0 Å². The van der Waals surface area contributed by atoms with Crippen LogP contribution in [0.25, 0.3) is 10.9 Å². The van der Waals surface area contributed by atoms with Gasteiger partial charge in [0.05, 0.1) is 0 Å². The van der Waals surface area contributed by atoms with Gasteiger partial charge >= 0.3 is 6.09 Å². The van der Waals surface area contributed by atoms with Crippen LogP contribution in [0.1, 0.15) is 32.4 Å². The Labute approximate surface area is 134 Å². The van der Waals surface area contributed by atoms with Crippen molar-refractivity contribution in [3.8, 4) is 0 Å². The molecular weight excluding hydrogens is 304 g/mol. The number of nitrogens with zero attached hydrogens (tertiary/aromatic N) is 1. The fourth-order valence-electron chi connectivity index (χ4n) is 2.19. The van der Waals surface area contributed by atoms with E-state index in [1.807, 2.05) is 6.07 Å². The van der Waals surface area contributed by atoms with Gasteiger partial charge in [0.2, 0.25) is 0 Å². The maximum atomic E-state index is 12.2. The number of rotatable bonds is 3. The van der Waals surface area contributed by atoms with Crippen LogP contribution in [0.5, 0.6) is 0 Å². The van der Waals surface area contributed by atoms with Gasteiger partial charge < -0.3 is 14.5 Å². The average Bonchev–Trinajstić information content (AvgIpc) is 2.80. The summed E-state index contributed by atoms with van der Waals surface area (Å²) in [6.45, 7) is 5.34. The normalized spacial score (nSPS) is 13.0. The van der Waals surface area contributed by atoms with Crippen molar-refractivity contribution >= 4 is 34.9 Å². The molecule has 1 aromatic heterocycles. The molecule has 0 radical (unpaired) electrons. The molecule has 0 aliphatic carbocycles. The minimum atomic E-state index is -0.732. The van der Waals surface area contributed by atoms with Gasteiger partial charge in [-0.15, -0.1) is 0 Å². The molecule has 1 unspecified atom stereocenters. The summed E-state index contributed by atoms with van der Waals surface area (Å²) in [5, 5.41) is 1.45.